The van der Waals surface area contributed by atoms with Crippen LogP contribution < -0.4 is 10.6 Å². The summed E-state index contributed by atoms with van der Waals surface area (Å²) >= 11 is 0. The first-order valence-electron chi connectivity index (χ1n) is 6.64. The Balaban J connectivity index is 2.64. The molecule has 0 saturated heterocycles. The molecule has 0 heterocycles. The summed E-state index contributed by atoms with van der Waals surface area (Å²) in [7, 11) is 1.56. The zero-order chi connectivity index (χ0) is 14.5. The smallest absolute Gasteiger partial charge is 0.329 e. The van der Waals surface area contributed by atoms with Gasteiger partial charge in [-0.15, -0.1) is 0 Å². The molecule has 0 aliphatic heterocycles. The number of carbonyl (C=O) groups is 2. The third kappa shape index (κ3) is 4.38. The van der Waals surface area contributed by atoms with Crippen LogP contribution in [0, 0.1) is 0 Å². The van der Waals surface area contributed by atoms with Gasteiger partial charge in [0.25, 0.3) is 0 Å². The van der Waals surface area contributed by atoms with Crippen molar-refractivity contribution in [2.45, 2.75) is 57.0 Å². The lowest BCUT2D eigenvalue weighted by Crippen LogP contribution is -2.61. The highest BCUT2D eigenvalue weighted by Crippen LogP contribution is 2.28. The van der Waals surface area contributed by atoms with E-state index in [0.717, 1.165) is 19.3 Å². The molecule has 19 heavy (non-hydrogen) atoms. The zero-order valence-electron chi connectivity index (χ0n) is 11.9. The molecule has 1 aliphatic carbocycles. The molecular weight excluding hydrogens is 248 g/mol. The minimum atomic E-state index is -1.12. The van der Waals surface area contributed by atoms with E-state index >= 15 is 0 Å². The fourth-order valence-electron chi connectivity index (χ4n) is 2.50. The van der Waals surface area contributed by atoms with Gasteiger partial charge in [-0.25, -0.2) is 9.59 Å². The second kappa shape index (κ2) is 6.23. The number of aliphatic carboxylic acids is 1. The number of carboxylic acid groups (broad SMARTS) is 1. The normalized spacial score (nSPS) is 18.7. The van der Waals surface area contributed by atoms with Gasteiger partial charge in [-0.1, -0.05) is 19.3 Å². The summed E-state index contributed by atoms with van der Waals surface area (Å²) in [6.07, 6.45) is 3.65. The van der Waals surface area contributed by atoms with Crippen LogP contribution in [0.3, 0.4) is 0 Å². The van der Waals surface area contributed by atoms with Crippen molar-refractivity contribution in [2.24, 2.45) is 0 Å². The highest BCUT2D eigenvalue weighted by atomic mass is 16.5. The fourth-order valence-corrected chi connectivity index (χ4v) is 2.50. The van der Waals surface area contributed by atoms with Crippen LogP contribution in [0.2, 0.25) is 0 Å². The molecule has 6 nitrogen and oxygen atoms in total. The minimum Gasteiger partial charge on any atom is -0.480 e. The Kier molecular flexibility index (Phi) is 5.17. The molecule has 0 bridgehead atoms. The quantitative estimate of drug-likeness (QED) is 0.707. The number of urea groups is 1. The molecule has 0 unspecified atom stereocenters. The molecule has 0 aromatic rings. The summed E-state index contributed by atoms with van der Waals surface area (Å²) in [5.74, 6) is -0.952. The van der Waals surface area contributed by atoms with E-state index in [4.69, 9.17) is 4.74 Å². The molecule has 0 aromatic heterocycles. The summed E-state index contributed by atoms with van der Waals surface area (Å²) in [6, 6.07) is -0.452. The van der Waals surface area contributed by atoms with E-state index in [1.807, 2.05) is 13.8 Å². The molecule has 2 amide bonds. The van der Waals surface area contributed by atoms with Gasteiger partial charge in [0.2, 0.25) is 0 Å². The second-order valence-electron chi connectivity index (χ2n) is 5.84. The predicted octanol–water partition coefficient (Wildman–Crippen LogP) is 1.50. The third-order valence-corrected chi connectivity index (χ3v) is 3.43. The van der Waals surface area contributed by atoms with Gasteiger partial charge in [0.05, 0.1) is 12.1 Å². The summed E-state index contributed by atoms with van der Waals surface area (Å²) < 4.78 is 5.01. The van der Waals surface area contributed by atoms with Crippen molar-refractivity contribution < 1.29 is 19.4 Å². The van der Waals surface area contributed by atoms with Crippen LogP contribution in [-0.4, -0.2) is 41.9 Å². The standard InChI is InChI=1S/C13H24N2O4/c1-12(2,9-19-3)14-11(18)15-13(10(16)17)7-5-4-6-8-13/h4-9H2,1-3H3,(H,16,17)(H2,14,15,18). The van der Waals surface area contributed by atoms with Gasteiger partial charge in [-0.2, -0.15) is 0 Å². The van der Waals surface area contributed by atoms with E-state index in [2.05, 4.69) is 10.6 Å². The Labute approximate surface area is 113 Å². The summed E-state index contributed by atoms with van der Waals surface area (Å²) in [5, 5.41) is 14.8. The molecule has 110 valence electrons. The zero-order valence-corrected chi connectivity index (χ0v) is 11.9. The molecule has 1 saturated carbocycles. The SMILES string of the molecule is COCC(C)(C)NC(=O)NC1(C(=O)O)CCCCC1. The first-order valence-corrected chi connectivity index (χ1v) is 6.64. The molecule has 3 N–H and O–H groups in total. The van der Waals surface area contributed by atoms with Crippen molar-refractivity contribution in [2.75, 3.05) is 13.7 Å². The Morgan fingerprint density at radius 2 is 1.84 bits per heavy atom. The largest absolute Gasteiger partial charge is 0.480 e. The maximum Gasteiger partial charge on any atom is 0.329 e. The van der Waals surface area contributed by atoms with E-state index in [1.165, 1.54) is 0 Å². The first kappa shape index (κ1) is 15.8. The van der Waals surface area contributed by atoms with E-state index < -0.39 is 23.1 Å². The number of rotatable bonds is 5. The highest BCUT2D eigenvalue weighted by Gasteiger charge is 2.41. The number of hydrogen-bond acceptors (Lipinski definition) is 3. The Bertz CT molecular complexity index is 336. The summed E-state index contributed by atoms with van der Waals surface area (Å²) in [5.41, 5.74) is -1.65. The molecule has 1 aliphatic rings. The van der Waals surface area contributed by atoms with Crippen molar-refractivity contribution in [1.29, 1.82) is 0 Å². The van der Waals surface area contributed by atoms with Crippen LogP contribution in [0.15, 0.2) is 0 Å². The van der Waals surface area contributed by atoms with E-state index in [1.54, 1.807) is 7.11 Å². The maximum absolute atomic E-state index is 12.0. The number of amides is 2. The van der Waals surface area contributed by atoms with Crippen LogP contribution in [0.25, 0.3) is 0 Å². The van der Waals surface area contributed by atoms with Crippen LogP contribution in [0.1, 0.15) is 46.0 Å². The molecule has 0 atom stereocenters. The van der Waals surface area contributed by atoms with Crippen molar-refractivity contribution in [3.8, 4) is 0 Å². The van der Waals surface area contributed by atoms with Gasteiger partial charge in [0, 0.05) is 7.11 Å². The van der Waals surface area contributed by atoms with E-state index in [0.29, 0.717) is 19.4 Å². The average molecular weight is 272 g/mol. The van der Waals surface area contributed by atoms with Crippen LogP contribution in [0.5, 0.6) is 0 Å². The molecule has 0 radical (unpaired) electrons. The van der Waals surface area contributed by atoms with Crippen molar-refractivity contribution in [1.82, 2.24) is 10.6 Å². The van der Waals surface area contributed by atoms with Crippen molar-refractivity contribution >= 4 is 12.0 Å². The van der Waals surface area contributed by atoms with Gasteiger partial charge in [-0.05, 0) is 26.7 Å². The molecule has 1 rings (SSSR count). The number of carboxylic acids is 1. The lowest BCUT2D eigenvalue weighted by molar-refractivity contribution is -0.145. The molecule has 0 aromatic carbocycles. The molecule has 6 heteroatoms. The van der Waals surface area contributed by atoms with Crippen LogP contribution in [0.4, 0.5) is 4.79 Å². The van der Waals surface area contributed by atoms with Gasteiger partial charge in [0.15, 0.2) is 0 Å². The monoisotopic (exact) mass is 272 g/mol. The van der Waals surface area contributed by atoms with Gasteiger partial charge < -0.3 is 20.5 Å². The molecular formula is C13H24N2O4. The van der Waals surface area contributed by atoms with Crippen molar-refractivity contribution in [3.05, 3.63) is 0 Å². The average Bonchev–Trinajstić information content (AvgIpc) is 2.28. The number of hydrogen-bond donors (Lipinski definition) is 3. The van der Waals surface area contributed by atoms with Gasteiger partial charge in [0.1, 0.15) is 5.54 Å². The van der Waals surface area contributed by atoms with Gasteiger partial charge in [-0.3, -0.25) is 0 Å². The Morgan fingerprint density at radius 3 is 2.32 bits per heavy atom. The van der Waals surface area contributed by atoms with Crippen LogP contribution in [-0.2, 0) is 9.53 Å². The second-order valence-corrected chi connectivity index (χ2v) is 5.84. The molecule has 0 spiro atoms. The topological polar surface area (TPSA) is 87.7 Å². The summed E-state index contributed by atoms with van der Waals surface area (Å²) in [6.45, 7) is 4.01. The molecule has 1 fully saturated rings. The predicted molar refractivity (Wildman–Crippen MR) is 71.1 cm³/mol. The van der Waals surface area contributed by atoms with Crippen LogP contribution >= 0.6 is 0 Å². The van der Waals surface area contributed by atoms with E-state index in [9.17, 15) is 14.7 Å². The van der Waals surface area contributed by atoms with Gasteiger partial charge >= 0.3 is 12.0 Å². The Hall–Kier alpha value is -1.30. The summed E-state index contributed by atoms with van der Waals surface area (Å²) in [4.78, 5) is 23.4. The maximum atomic E-state index is 12.0. The Morgan fingerprint density at radius 1 is 1.26 bits per heavy atom. The number of methoxy groups -OCH3 is 1. The lowest BCUT2D eigenvalue weighted by Gasteiger charge is -2.35. The first-order chi connectivity index (χ1) is 8.81. The number of ether oxygens (including phenoxy) is 1. The number of nitrogens with one attached hydrogen (secondary N) is 2. The van der Waals surface area contributed by atoms with Crippen molar-refractivity contribution in [3.63, 3.8) is 0 Å². The third-order valence-electron chi connectivity index (χ3n) is 3.43. The van der Waals surface area contributed by atoms with E-state index in [-0.39, 0.29) is 0 Å². The fraction of sp³-hybridized carbons (Fsp3) is 0.846. The minimum absolute atomic E-state index is 0.362. The number of carbonyl (C=O) groups excluding carboxylic acids is 1. The lowest BCUT2D eigenvalue weighted by atomic mass is 9.82. The highest BCUT2D eigenvalue weighted by molar-refractivity contribution is 5.86.